The van der Waals surface area contributed by atoms with Crippen molar-refractivity contribution in [1.29, 1.82) is 0 Å². The van der Waals surface area contributed by atoms with E-state index in [-0.39, 0.29) is 17.5 Å². The Kier molecular flexibility index (Phi) is 10.5. The van der Waals surface area contributed by atoms with Crippen molar-refractivity contribution in [2.75, 3.05) is 18.5 Å². The molecule has 0 aliphatic heterocycles. The van der Waals surface area contributed by atoms with Crippen LogP contribution in [0.5, 0.6) is 5.75 Å². The Balaban J connectivity index is 1.38. The third kappa shape index (κ3) is 7.79. The Bertz CT molecular complexity index is 1690. The molecule has 1 amide bonds. The lowest BCUT2D eigenvalue weighted by Crippen LogP contribution is -2.45. The summed E-state index contributed by atoms with van der Waals surface area (Å²) < 4.78 is 47.5. The number of carbonyl (C=O) groups is 1. The highest BCUT2D eigenvalue weighted by Crippen LogP contribution is 2.40. The van der Waals surface area contributed by atoms with Crippen LogP contribution in [0.15, 0.2) is 133 Å². The first-order valence-corrected chi connectivity index (χ1v) is 15.3. The van der Waals surface area contributed by atoms with E-state index >= 15 is 0 Å². The predicted octanol–water partition coefficient (Wildman–Crippen LogP) is 9.85. The predicted molar refractivity (Wildman–Crippen MR) is 177 cm³/mol. The van der Waals surface area contributed by atoms with Crippen molar-refractivity contribution >= 4 is 23.2 Å². The fourth-order valence-electron chi connectivity index (χ4n) is 5.55. The first kappa shape index (κ1) is 32.8. The molecule has 0 fully saturated rings. The number of ether oxygens (including phenoxy) is 1. The van der Waals surface area contributed by atoms with Gasteiger partial charge in [0.25, 0.3) is 5.91 Å². The summed E-state index contributed by atoms with van der Waals surface area (Å²) in [4.78, 5) is 14.8. The third-order valence-corrected chi connectivity index (χ3v) is 8.46. The van der Waals surface area contributed by atoms with Gasteiger partial charge in [0, 0.05) is 30.4 Å². The Labute approximate surface area is 272 Å². The molecule has 0 bridgehead atoms. The zero-order valence-electron chi connectivity index (χ0n) is 25.3. The quantitative estimate of drug-likeness (QED) is 0.138. The van der Waals surface area contributed by atoms with Crippen LogP contribution in [0.2, 0.25) is 5.02 Å². The summed E-state index contributed by atoms with van der Waals surface area (Å²) in [6.07, 6.45) is -4.00. The summed E-state index contributed by atoms with van der Waals surface area (Å²) in [6, 6.07) is 40.0. The molecular formula is C38H34ClF3N2O2. The second kappa shape index (κ2) is 14.7. The topological polar surface area (TPSA) is 41.6 Å². The summed E-state index contributed by atoms with van der Waals surface area (Å²) in [5.74, 6) is 0.370. The molecule has 5 aromatic rings. The maximum atomic E-state index is 13.8. The first-order valence-electron chi connectivity index (χ1n) is 15.0. The summed E-state index contributed by atoms with van der Waals surface area (Å²) in [7, 11) is 0. The molecule has 0 heterocycles. The molecule has 0 spiro atoms. The van der Waals surface area contributed by atoms with E-state index in [1.807, 2.05) is 72.8 Å². The maximum Gasteiger partial charge on any atom is 0.417 e. The van der Waals surface area contributed by atoms with Crippen LogP contribution in [0.25, 0.3) is 0 Å². The summed E-state index contributed by atoms with van der Waals surface area (Å²) in [6.45, 7) is 3.07. The van der Waals surface area contributed by atoms with Crippen LogP contribution >= 0.6 is 11.6 Å². The van der Waals surface area contributed by atoms with E-state index in [0.717, 1.165) is 17.2 Å². The average Bonchev–Trinajstić information content (AvgIpc) is 3.07. The van der Waals surface area contributed by atoms with E-state index in [2.05, 4.69) is 17.1 Å². The zero-order chi connectivity index (χ0) is 32.6. The van der Waals surface area contributed by atoms with Gasteiger partial charge in [0.15, 0.2) is 0 Å². The zero-order valence-corrected chi connectivity index (χ0v) is 26.1. The molecule has 0 radical (unpaired) electrons. The van der Waals surface area contributed by atoms with E-state index < -0.39 is 17.3 Å². The van der Waals surface area contributed by atoms with E-state index in [1.165, 1.54) is 6.07 Å². The molecule has 1 N–H and O–H groups in total. The molecule has 4 nitrogen and oxygen atoms in total. The van der Waals surface area contributed by atoms with Crippen molar-refractivity contribution in [1.82, 2.24) is 4.90 Å². The van der Waals surface area contributed by atoms with Crippen molar-refractivity contribution in [2.24, 2.45) is 0 Å². The van der Waals surface area contributed by atoms with Gasteiger partial charge in [-0.2, -0.15) is 13.2 Å². The van der Waals surface area contributed by atoms with Crippen LogP contribution in [-0.4, -0.2) is 24.0 Å². The molecule has 8 heteroatoms. The van der Waals surface area contributed by atoms with Crippen molar-refractivity contribution in [3.05, 3.63) is 166 Å². The maximum absolute atomic E-state index is 13.8. The standard InChI is InChI=1S/C38H34ClF3N2O2/c1-37(30-17-7-3-8-18-30,31-19-9-4-10-20-31)44(27-29-16-11-23-34(35(29)39)38(40,41)42)24-13-25-46-33-22-12-21-32(26-33)43-36(45)28-14-5-2-6-15-28/h2-12,14-23,26H,13,24-25,27H2,1H3,(H,43,45). The van der Waals surface area contributed by atoms with Gasteiger partial charge in [0.05, 0.1) is 22.7 Å². The number of halogens is 4. The van der Waals surface area contributed by atoms with Crippen LogP contribution < -0.4 is 10.1 Å². The fourth-order valence-corrected chi connectivity index (χ4v) is 5.84. The minimum atomic E-state index is -4.57. The Morgan fingerprint density at radius 2 is 1.37 bits per heavy atom. The number of nitrogens with one attached hydrogen (secondary N) is 1. The number of anilines is 1. The number of nitrogens with zero attached hydrogens (tertiary/aromatic N) is 1. The summed E-state index contributed by atoms with van der Waals surface area (Å²) in [5, 5.41) is 2.59. The molecule has 0 unspecified atom stereocenters. The number of hydrogen-bond donors (Lipinski definition) is 1. The number of amides is 1. The lowest BCUT2D eigenvalue weighted by molar-refractivity contribution is -0.137. The smallest absolute Gasteiger partial charge is 0.417 e. The summed E-state index contributed by atoms with van der Waals surface area (Å²) >= 11 is 6.41. The molecular weight excluding hydrogens is 609 g/mol. The van der Waals surface area contributed by atoms with Gasteiger partial charge in [-0.15, -0.1) is 0 Å². The first-order chi connectivity index (χ1) is 22.2. The van der Waals surface area contributed by atoms with Crippen molar-refractivity contribution in [2.45, 2.75) is 31.6 Å². The Morgan fingerprint density at radius 1 is 0.783 bits per heavy atom. The van der Waals surface area contributed by atoms with Gasteiger partial charge in [-0.25, -0.2) is 0 Å². The number of hydrogen-bond acceptors (Lipinski definition) is 3. The van der Waals surface area contributed by atoms with Crippen LogP contribution in [0, 0.1) is 0 Å². The van der Waals surface area contributed by atoms with E-state index in [0.29, 0.717) is 42.1 Å². The molecule has 0 saturated heterocycles. The van der Waals surface area contributed by atoms with Crippen molar-refractivity contribution in [3.63, 3.8) is 0 Å². The molecule has 0 aliphatic rings. The summed E-state index contributed by atoms with van der Waals surface area (Å²) in [5.41, 5.74) is 1.97. The minimum Gasteiger partial charge on any atom is -0.493 e. The molecule has 5 rings (SSSR count). The van der Waals surface area contributed by atoms with E-state index in [9.17, 15) is 18.0 Å². The van der Waals surface area contributed by atoms with Crippen LogP contribution in [0.3, 0.4) is 0 Å². The van der Waals surface area contributed by atoms with Gasteiger partial charge in [0.1, 0.15) is 5.75 Å². The molecule has 0 saturated carbocycles. The van der Waals surface area contributed by atoms with Crippen LogP contribution in [0.1, 0.15) is 46.0 Å². The number of benzene rings is 5. The minimum absolute atomic E-state index is 0.171. The number of carbonyl (C=O) groups excluding carboxylic acids is 1. The van der Waals surface area contributed by atoms with Crippen molar-refractivity contribution < 1.29 is 22.7 Å². The van der Waals surface area contributed by atoms with Crippen molar-refractivity contribution in [3.8, 4) is 5.75 Å². The van der Waals surface area contributed by atoms with E-state index in [4.69, 9.17) is 16.3 Å². The van der Waals surface area contributed by atoms with Gasteiger partial charge in [0.2, 0.25) is 0 Å². The van der Waals surface area contributed by atoms with Gasteiger partial charge < -0.3 is 10.1 Å². The molecule has 0 aromatic heterocycles. The normalized spacial score (nSPS) is 11.8. The van der Waals surface area contributed by atoms with Gasteiger partial charge >= 0.3 is 6.18 Å². The fraction of sp³-hybridized carbons (Fsp3) is 0.184. The third-order valence-electron chi connectivity index (χ3n) is 8.02. The molecule has 0 atom stereocenters. The SMILES string of the molecule is CC(c1ccccc1)(c1ccccc1)N(CCCOc1cccc(NC(=O)c2ccccc2)c1)Cc1cccc(C(F)(F)F)c1Cl. The second-order valence-electron chi connectivity index (χ2n) is 11.1. The largest absolute Gasteiger partial charge is 0.493 e. The number of rotatable bonds is 12. The molecule has 5 aromatic carbocycles. The Hall–Kier alpha value is -4.59. The lowest BCUT2D eigenvalue weighted by atomic mass is 9.82. The van der Waals surface area contributed by atoms with Gasteiger partial charge in [-0.3, -0.25) is 9.69 Å². The highest BCUT2D eigenvalue weighted by molar-refractivity contribution is 6.32. The highest BCUT2D eigenvalue weighted by atomic mass is 35.5. The number of alkyl halides is 3. The molecule has 0 aliphatic carbocycles. The lowest BCUT2D eigenvalue weighted by Gasteiger charge is -2.43. The molecule has 236 valence electrons. The Morgan fingerprint density at radius 3 is 1.98 bits per heavy atom. The van der Waals surface area contributed by atoms with Crippen LogP contribution in [0.4, 0.5) is 18.9 Å². The van der Waals surface area contributed by atoms with Crippen LogP contribution in [-0.2, 0) is 18.3 Å². The molecule has 46 heavy (non-hydrogen) atoms. The monoisotopic (exact) mass is 642 g/mol. The highest BCUT2D eigenvalue weighted by Gasteiger charge is 2.37. The second-order valence-corrected chi connectivity index (χ2v) is 11.4. The average molecular weight is 643 g/mol. The van der Waals surface area contributed by atoms with Gasteiger partial charge in [-0.05, 0) is 60.4 Å². The van der Waals surface area contributed by atoms with E-state index in [1.54, 1.807) is 48.5 Å². The van der Waals surface area contributed by atoms with Gasteiger partial charge in [-0.1, -0.05) is 109 Å².